The Labute approximate surface area is 129 Å². The van der Waals surface area contributed by atoms with E-state index in [9.17, 15) is 9.18 Å². The highest BCUT2D eigenvalue weighted by atomic mass is 79.9. The summed E-state index contributed by atoms with van der Waals surface area (Å²) in [5.41, 5.74) is 7.02. The predicted molar refractivity (Wildman–Crippen MR) is 80.6 cm³/mol. The number of nitrogen functional groups attached to an aromatic ring is 1. The molecule has 2 aromatic rings. The number of carbonyl (C=O) groups is 1. The van der Waals surface area contributed by atoms with Crippen LogP contribution in [0.5, 0.6) is 5.75 Å². The molecular weight excluding hydrogens is 341 g/mol. The van der Waals surface area contributed by atoms with Gasteiger partial charge in [-0.3, -0.25) is 0 Å². The number of nitrogens with two attached hydrogens (primary N) is 1. The number of hydrogen-bond donors (Lipinski definition) is 1. The molecule has 0 fully saturated rings. The second-order valence-electron chi connectivity index (χ2n) is 4.28. The SMILES string of the molecule is COc1ccc(COC(=O)c2ccc(Br)c(N)c2)cc1F. The largest absolute Gasteiger partial charge is 0.494 e. The highest BCUT2D eigenvalue weighted by Crippen LogP contribution is 2.21. The number of hydrogen-bond acceptors (Lipinski definition) is 4. The van der Waals surface area contributed by atoms with Gasteiger partial charge in [-0.25, -0.2) is 9.18 Å². The average molecular weight is 354 g/mol. The Balaban J connectivity index is 2.03. The molecule has 0 aliphatic rings. The van der Waals surface area contributed by atoms with Gasteiger partial charge in [0.1, 0.15) is 6.61 Å². The first-order valence-corrected chi connectivity index (χ1v) is 6.85. The number of esters is 1. The molecule has 0 saturated heterocycles. The van der Waals surface area contributed by atoms with E-state index in [4.69, 9.17) is 15.2 Å². The van der Waals surface area contributed by atoms with E-state index < -0.39 is 11.8 Å². The van der Waals surface area contributed by atoms with Crippen LogP contribution in [0.2, 0.25) is 0 Å². The van der Waals surface area contributed by atoms with E-state index in [1.54, 1.807) is 18.2 Å². The van der Waals surface area contributed by atoms with Crippen LogP contribution in [0.25, 0.3) is 0 Å². The van der Waals surface area contributed by atoms with Gasteiger partial charge in [0.25, 0.3) is 0 Å². The minimum Gasteiger partial charge on any atom is -0.494 e. The number of anilines is 1. The monoisotopic (exact) mass is 353 g/mol. The lowest BCUT2D eigenvalue weighted by Crippen LogP contribution is -2.06. The van der Waals surface area contributed by atoms with Crippen molar-refractivity contribution in [1.29, 1.82) is 0 Å². The van der Waals surface area contributed by atoms with Crippen LogP contribution in [0.1, 0.15) is 15.9 Å². The quantitative estimate of drug-likeness (QED) is 0.674. The number of carbonyl (C=O) groups excluding carboxylic acids is 1. The van der Waals surface area contributed by atoms with Crippen molar-refractivity contribution in [3.8, 4) is 5.75 Å². The van der Waals surface area contributed by atoms with Gasteiger partial charge in [0, 0.05) is 10.2 Å². The van der Waals surface area contributed by atoms with Crippen molar-refractivity contribution < 1.29 is 18.7 Å². The Bertz CT molecular complexity index is 676. The molecule has 0 aliphatic carbocycles. The van der Waals surface area contributed by atoms with Crippen molar-refractivity contribution in [2.75, 3.05) is 12.8 Å². The fraction of sp³-hybridized carbons (Fsp3) is 0.133. The standard InChI is InChI=1S/C15H13BrFNO3/c1-20-14-5-2-9(6-12(14)17)8-21-15(19)10-3-4-11(16)13(18)7-10/h2-7H,8,18H2,1H3. The molecule has 2 N–H and O–H groups in total. The first-order valence-electron chi connectivity index (χ1n) is 6.06. The number of rotatable bonds is 4. The summed E-state index contributed by atoms with van der Waals surface area (Å²) in [5, 5.41) is 0. The molecule has 21 heavy (non-hydrogen) atoms. The van der Waals surface area contributed by atoms with Gasteiger partial charge < -0.3 is 15.2 Å². The number of ether oxygens (including phenoxy) is 2. The summed E-state index contributed by atoms with van der Waals surface area (Å²) < 4.78 is 24.2. The number of halogens is 2. The van der Waals surface area contributed by atoms with Gasteiger partial charge in [-0.15, -0.1) is 0 Å². The summed E-state index contributed by atoms with van der Waals surface area (Å²) in [6.45, 7) is -0.0320. The lowest BCUT2D eigenvalue weighted by molar-refractivity contribution is 0.0472. The zero-order valence-corrected chi connectivity index (χ0v) is 12.8. The second kappa shape index (κ2) is 6.58. The Morgan fingerprint density at radius 3 is 2.67 bits per heavy atom. The third kappa shape index (κ3) is 3.72. The average Bonchev–Trinajstić information content (AvgIpc) is 2.47. The third-order valence-electron chi connectivity index (χ3n) is 2.82. The van der Waals surface area contributed by atoms with E-state index in [0.717, 1.165) is 0 Å². The summed E-state index contributed by atoms with van der Waals surface area (Å²) in [6.07, 6.45) is 0. The van der Waals surface area contributed by atoms with Crippen molar-refractivity contribution in [3.05, 3.63) is 57.8 Å². The third-order valence-corrected chi connectivity index (χ3v) is 3.54. The van der Waals surface area contributed by atoms with Crippen LogP contribution >= 0.6 is 15.9 Å². The van der Waals surface area contributed by atoms with Crippen LogP contribution in [0, 0.1) is 5.82 Å². The van der Waals surface area contributed by atoms with Crippen molar-refractivity contribution in [2.45, 2.75) is 6.61 Å². The fourth-order valence-corrected chi connectivity index (χ4v) is 1.95. The van der Waals surface area contributed by atoms with Crippen molar-refractivity contribution in [3.63, 3.8) is 0 Å². The molecule has 0 bridgehead atoms. The maximum Gasteiger partial charge on any atom is 0.338 e. The van der Waals surface area contributed by atoms with Gasteiger partial charge in [0.15, 0.2) is 11.6 Å². The summed E-state index contributed by atoms with van der Waals surface area (Å²) in [7, 11) is 1.38. The number of methoxy groups -OCH3 is 1. The van der Waals surface area contributed by atoms with E-state index in [2.05, 4.69) is 15.9 Å². The molecule has 0 unspecified atom stereocenters. The minimum absolute atomic E-state index is 0.0320. The van der Waals surface area contributed by atoms with Gasteiger partial charge >= 0.3 is 5.97 Å². The summed E-state index contributed by atoms with van der Waals surface area (Å²) in [5.74, 6) is -0.880. The van der Waals surface area contributed by atoms with Crippen molar-refractivity contribution >= 4 is 27.6 Å². The summed E-state index contributed by atoms with van der Waals surface area (Å²) in [4.78, 5) is 11.9. The van der Waals surface area contributed by atoms with Crippen LogP contribution in [0.4, 0.5) is 10.1 Å². The van der Waals surface area contributed by atoms with Gasteiger partial charge in [-0.05, 0) is 51.8 Å². The van der Waals surface area contributed by atoms with Crippen LogP contribution < -0.4 is 10.5 Å². The minimum atomic E-state index is -0.523. The molecule has 110 valence electrons. The number of benzene rings is 2. The van der Waals surface area contributed by atoms with E-state index in [1.807, 2.05) is 0 Å². The van der Waals surface area contributed by atoms with Crippen LogP contribution in [0.3, 0.4) is 0 Å². The van der Waals surface area contributed by atoms with Gasteiger partial charge in [0.05, 0.1) is 12.7 Å². The maximum atomic E-state index is 13.5. The second-order valence-corrected chi connectivity index (χ2v) is 5.14. The van der Waals surface area contributed by atoms with E-state index in [-0.39, 0.29) is 12.4 Å². The molecule has 2 rings (SSSR count). The molecule has 0 heterocycles. The molecule has 0 aliphatic heterocycles. The van der Waals surface area contributed by atoms with E-state index >= 15 is 0 Å². The predicted octanol–water partition coefficient (Wildman–Crippen LogP) is 3.54. The highest BCUT2D eigenvalue weighted by molar-refractivity contribution is 9.10. The molecular formula is C15H13BrFNO3. The van der Waals surface area contributed by atoms with Crippen molar-refractivity contribution in [1.82, 2.24) is 0 Å². The summed E-state index contributed by atoms with van der Waals surface area (Å²) in [6, 6.07) is 9.15. The molecule has 2 aromatic carbocycles. The summed E-state index contributed by atoms with van der Waals surface area (Å²) >= 11 is 3.25. The fourth-order valence-electron chi connectivity index (χ4n) is 1.70. The van der Waals surface area contributed by atoms with Crippen molar-refractivity contribution in [2.24, 2.45) is 0 Å². The van der Waals surface area contributed by atoms with Crippen LogP contribution in [-0.2, 0) is 11.3 Å². The van der Waals surface area contributed by atoms with Gasteiger partial charge in [-0.1, -0.05) is 6.07 Å². The zero-order valence-electron chi connectivity index (χ0n) is 11.2. The molecule has 0 amide bonds. The Morgan fingerprint density at radius 1 is 1.29 bits per heavy atom. The normalized spacial score (nSPS) is 10.2. The topological polar surface area (TPSA) is 61.5 Å². The van der Waals surface area contributed by atoms with Crippen LogP contribution in [-0.4, -0.2) is 13.1 Å². The lowest BCUT2D eigenvalue weighted by atomic mass is 10.2. The molecule has 0 saturated carbocycles. The lowest BCUT2D eigenvalue weighted by Gasteiger charge is -2.08. The molecule has 0 atom stereocenters. The Kier molecular flexibility index (Phi) is 4.80. The molecule has 0 aromatic heterocycles. The molecule has 0 radical (unpaired) electrons. The van der Waals surface area contributed by atoms with E-state index in [1.165, 1.54) is 25.3 Å². The first kappa shape index (κ1) is 15.3. The molecule has 0 spiro atoms. The zero-order chi connectivity index (χ0) is 15.4. The maximum absolute atomic E-state index is 13.5. The Hall–Kier alpha value is -2.08. The smallest absolute Gasteiger partial charge is 0.338 e. The van der Waals surface area contributed by atoms with E-state index in [0.29, 0.717) is 21.3 Å². The molecule has 6 heteroatoms. The van der Waals surface area contributed by atoms with Crippen LogP contribution in [0.15, 0.2) is 40.9 Å². The molecule has 4 nitrogen and oxygen atoms in total. The Morgan fingerprint density at radius 2 is 2.05 bits per heavy atom. The van der Waals surface area contributed by atoms with Gasteiger partial charge in [0.2, 0.25) is 0 Å². The first-order chi connectivity index (χ1) is 10.0. The highest BCUT2D eigenvalue weighted by Gasteiger charge is 2.10. The van der Waals surface area contributed by atoms with Gasteiger partial charge in [-0.2, -0.15) is 0 Å².